The molecular formula is C14H21ClN2O2S. The third kappa shape index (κ3) is 2.60. The number of halogens is 1. The molecule has 0 saturated carbocycles. The first-order chi connectivity index (χ1) is 8.98. The van der Waals surface area contributed by atoms with Crippen molar-refractivity contribution in [2.75, 3.05) is 26.2 Å². The molecule has 2 atom stereocenters. The molecule has 0 aliphatic carbocycles. The molecule has 2 fully saturated rings. The summed E-state index contributed by atoms with van der Waals surface area (Å²) >= 11 is 0. The zero-order valence-corrected chi connectivity index (χ0v) is 13.4. The highest BCUT2D eigenvalue weighted by Gasteiger charge is 2.41. The first-order valence-corrected chi connectivity index (χ1v) is 8.20. The van der Waals surface area contributed by atoms with E-state index in [0.29, 0.717) is 29.8 Å². The molecule has 2 aliphatic rings. The van der Waals surface area contributed by atoms with Crippen molar-refractivity contribution in [2.24, 2.45) is 11.8 Å². The maximum Gasteiger partial charge on any atom is 0.243 e. The lowest BCUT2D eigenvalue weighted by Crippen LogP contribution is -2.32. The van der Waals surface area contributed by atoms with Gasteiger partial charge in [0.25, 0.3) is 0 Å². The number of sulfonamides is 1. The van der Waals surface area contributed by atoms with Gasteiger partial charge in [-0.2, -0.15) is 4.31 Å². The highest BCUT2D eigenvalue weighted by Crippen LogP contribution is 2.31. The highest BCUT2D eigenvalue weighted by atomic mass is 35.5. The molecule has 0 spiro atoms. The van der Waals surface area contributed by atoms with Crippen molar-refractivity contribution in [3.8, 4) is 0 Å². The van der Waals surface area contributed by atoms with Crippen molar-refractivity contribution in [3.63, 3.8) is 0 Å². The fraction of sp³-hybridized carbons (Fsp3) is 0.571. The van der Waals surface area contributed by atoms with Gasteiger partial charge in [-0.1, -0.05) is 17.7 Å². The Bertz CT molecular complexity index is 591. The van der Waals surface area contributed by atoms with Crippen molar-refractivity contribution in [3.05, 3.63) is 29.3 Å². The SMILES string of the molecule is Cc1ccc(S(=O)(=O)N2C[C@H]3CNC[C@H]3C2)c(C)c1.Cl. The van der Waals surface area contributed by atoms with Gasteiger partial charge in [0.2, 0.25) is 10.0 Å². The van der Waals surface area contributed by atoms with Crippen LogP contribution in [0.4, 0.5) is 0 Å². The minimum Gasteiger partial charge on any atom is -0.316 e. The van der Waals surface area contributed by atoms with Gasteiger partial charge >= 0.3 is 0 Å². The quantitative estimate of drug-likeness (QED) is 0.901. The van der Waals surface area contributed by atoms with Gasteiger partial charge in [-0.05, 0) is 50.4 Å². The van der Waals surface area contributed by atoms with Gasteiger partial charge in [0.15, 0.2) is 0 Å². The number of nitrogens with one attached hydrogen (secondary N) is 1. The summed E-state index contributed by atoms with van der Waals surface area (Å²) < 4.78 is 27.1. The second-order valence-electron chi connectivity index (χ2n) is 5.77. The summed E-state index contributed by atoms with van der Waals surface area (Å²) in [6.45, 7) is 7.07. The lowest BCUT2D eigenvalue weighted by Gasteiger charge is -2.19. The van der Waals surface area contributed by atoms with Crippen LogP contribution in [0.1, 0.15) is 11.1 Å². The van der Waals surface area contributed by atoms with Crippen LogP contribution in [-0.4, -0.2) is 38.9 Å². The molecule has 20 heavy (non-hydrogen) atoms. The third-order valence-electron chi connectivity index (χ3n) is 4.30. The molecule has 1 aromatic rings. The van der Waals surface area contributed by atoms with Crippen LogP contribution in [0.3, 0.4) is 0 Å². The normalized spacial score (nSPS) is 26.3. The molecule has 2 saturated heterocycles. The van der Waals surface area contributed by atoms with Gasteiger partial charge in [0.05, 0.1) is 4.90 Å². The largest absolute Gasteiger partial charge is 0.316 e. The van der Waals surface area contributed by atoms with Crippen LogP contribution in [0.15, 0.2) is 23.1 Å². The van der Waals surface area contributed by atoms with Crippen molar-refractivity contribution < 1.29 is 8.42 Å². The smallest absolute Gasteiger partial charge is 0.243 e. The van der Waals surface area contributed by atoms with Crippen LogP contribution in [0, 0.1) is 25.7 Å². The Balaban J connectivity index is 0.00000147. The van der Waals surface area contributed by atoms with E-state index in [9.17, 15) is 8.42 Å². The predicted molar refractivity (Wildman–Crippen MR) is 81.8 cm³/mol. The van der Waals surface area contributed by atoms with E-state index in [0.717, 1.165) is 24.2 Å². The average molecular weight is 317 g/mol. The monoisotopic (exact) mass is 316 g/mol. The summed E-state index contributed by atoms with van der Waals surface area (Å²) in [5, 5.41) is 3.33. The molecule has 0 unspecified atom stereocenters. The van der Waals surface area contributed by atoms with Gasteiger partial charge in [-0.3, -0.25) is 0 Å². The van der Waals surface area contributed by atoms with E-state index in [1.807, 2.05) is 26.0 Å². The number of nitrogens with zero attached hydrogens (tertiary/aromatic N) is 1. The van der Waals surface area contributed by atoms with Crippen molar-refractivity contribution >= 4 is 22.4 Å². The molecule has 6 heteroatoms. The van der Waals surface area contributed by atoms with Gasteiger partial charge < -0.3 is 5.32 Å². The minimum atomic E-state index is -3.32. The summed E-state index contributed by atoms with van der Waals surface area (Å²) in [4.78, 5) is 0.464. The molecule has 0 aromatic heterocycles. The summed E-state index contributed by atoms with van der Waals surface area (Å²) in [5.41, 5.74) is 1.94. The lowest BCUT2D eigenvalue weighted by molar-refractivity contribution is 0.447. The zero-order chi connectivity index (χ0) is 13.6. The predicted octanol–water partition coefficient (Wildman–Crippen LogP) is 1.57. The third-order valence-corrected chi connectivity index (χ3v) is 6.30. The average Bonchev–Trinajstić information content (AvgIpc) is 2.87. The van der Waals surface area contributed by atoms with Crippen molar-refractivity contribution in [1.29, 1.82) is 0 Å². The van der Waals surface area contributed by atoms with Crippen LogP contribution in [0.5, 0.6) is 0 Å². The van der Waals surface area contributed by atoms with E-state index < -0.39 is 10.0 Å². The molecule has 4 nitrogen and oxygen atoms in total. The molecule has 112 valence electrons. The van der Waals surface area contributed by atoms with E-state index in [2.05, 4.69) is 5.32 Å². The van der Waals surface area contributed by atoms with Crippen LogP contribution >= 0.6 is 12.4 Å². The lowest BCUT2D eigenvalue weighted by atomic mass is 10.0. The number of rotatable bonds is 2. The fourth-order valence-electron chi connectivity index (χ4n) is 3.24. The summed E-state index contributed by atoms with van der Waals surface area (Å²) in [5.74, 6) is 0.973. The molecule has 3 rings (SSSR count). The topological polar surface area (TPSA) is 49.4 Å². The maximum atomic E-state index is 12.7. The first-order valence-electron chi connectivity index (χ1n) is 6.76. The molecule has 0 amide bonds. The fourth-order valence-corrected chi connectivity index (χ4v) is 5.00. The van der Waals surface area contributed by atoms with Crippen LogP contribution in [-0.2, 0) is 10.0 Å². The molecule has 2 heterocycles. The molecular weight excluding hydrogens is 296 g/mol. The van der Waals surface area contributed by atoms with E-state index in [1.165, 1.54) is 0 Å². The molecule has 1 N–H and O–H groups in total. The molecule has 0 bridgehead atoms. The highest BCUT2D eigenvalue weighted by molar-refractivity contribution is 7.89. The van der Waals surface area contributed by atoms with Crippen LogP contribution < -0.4 is 5.32 Å². The summed E-state index contributed by atoms with van der Waals surface area (Å²) in [6, 6.07) is 5.55. The first kappa shape index (κ1) is 15.8. The van der Waals surface area contributed by atoms with Crippen LogP contribution in [0.2, 0.25) is 0 Å². The van der Waals surface area contributed by atoms with Crippen molar-refractivity contribution in [2.45, 2.75) is 18.7 Å². The number of hydrogen-bond donors (Lipinski definition) is 1. The second-order valence-corrected chi connectivity index (χ2v) is 7.68. The van der Waals surface area contributed by atoms with Gasteiger partial charge in [0, 0.05) is 13.1 Å². The van der Waals surface area contributed by atoms with Gasteiger partial charge in [-0.25, -0.2) is 8.42 Å². The van der Waals surface area contributed by atoms with E-state index in [-0.39, 0.29) is 12.4 Å². The Hall–Kier alpha value is -0.620. The Morgan fingerprint density at radius 1 is 1.15 bits per heavy atom. The number of fused-ring (bicyclic) bond motifs is 1. The van der Waals surface area contributed by atoms with E-state index in [4.69, 9.17) is 0 Å². The Kier molecular flexibility index (Phi) is 4.44. The zero-order valence-electron chi connectivity index (χ0n) is 11.8. The number of benzene rings is 1. The molecule has 0 radical (unpaired) electrons. The van der Waals surface area contributed by atoms with Crippen LogP contribution in [0.25, 0.3) is 0 Å². The Morgan fingerprint density at radius 3 is 2.30 bits per heavy atom. The van der Waals surface area contributed by atoms with Gasteiger partial charge in [0.1, 0.15) is 0 Å². The Labute approximate surface area is 127 Å². The van der Waals surface area contributed by atoms with E-state index in [1.54, 1.807) is 10.4 Å². The summed E-state index contributed by atoms with van der Waals surface area (Å²) in [6.07, 6.45) is 0. The molecule has 1 aromatic carbocycles. The second kappa shape index (κ2) is 5.64. The summed E-state index contributed by atoms with van der Waals surface area (Å²) in [7, 11) is -3.32. The number of aryl methyl sites for hydroxylation is 2. The molecule has 2 aliphatic heterocycles. The standard InChI is InChI=1S/C14H20N2O2S.ClH/c1-10-3-4-14(11(2)5-10)19(17,18)16-8-12-6-15-7-13(12)9-16;/h3-5,12-13,15H,6-9H2,1-2H3;1H/t12-,13+;. The Morgan fingerprint density at radius 2 is 1.75 bits per heavy atom. The van der Waals surface area contributed by atoms with E-state index >= 15 is 0 Å². The van der Waals surface area contributed by atoms with Gasteiger partial charge in [-0.15, -0.1) is 12.4 Å². The minimum absolute atomic E-state index is 0. The maximum absolute atomic E-state index is 12.7. The van der Waals surface area contributed by atoms with Crippen molar-refractivity contribution in [1.82, 2.24) is 9.62 Å². The number of hydrogen-bond acceptors (Lipinski definition) is 3.